The molecule has 2 N–H and O–H groups in total. The highest BCUT2D eigenvalue weighted by atomic mass is 79.9. The fraction of sp³-hybridized carbons (Fsp3) is 0.364. The van der Waals surface area contributed by atoms with E-state index < -0.39 is 0 Å². The van der Waals surface area contributed by atoms with Crippen molar-refractivity contribution >= 4 is 32.7 Å². The average molecular weight is 284 g/mol. The molecule has 2 rings (SSSR count). The first-order valence-electron chi connectivity index (χ1n) is 5.05. The summed E-state index contributed by atoms with van der Waals surface area (Å²) in [4.78, 5) is 6.49. The van der Waals surface area contributed by atoms with Crippen molar-refractivity contribution in [2.75, 3.05) is 26.4 Å². The number of oxazole rings is 1. The van der Waals surface area contributed by atoms with E-state index in [2.05, 4.69) is 25.8 Å². The van der Waals surface area contributed by atoms with Gasteiger partial charge in [0.25, 0.3) is 0 Å². The van der Waals surface area contributed by atoms with E-state index >= 15 is 0 Å². The fourth-order valence-electron chi connectivity index (χ4n) is 1.50. The molecule has 0 aliphatic heterocycles. The lowest BCUT2D eigenvalue weighted by molar-refractivity contribution is 0.390. The van der Waals surface area contributed by atoms with Crippen LogP contribution in [0.3, 0.4) is 0 Å². The zero-order chi connectivity index (χ0) is 11.7. The second-order valence-electron chi connectivity index (χ2n) is 4.00. The molecule has 1 aromatic heterocycles. The van der Waals surface area contributed by atoms with Gasteiger partial charge in [-0.3, -0.25) is 0 Å². The van der Waals surface area contributed by atoms with Crippen LogP contribution in [0.15, 0.2) is 21.0 Å². The summed E-state index contributed by atoms with van der Waals surface area (Å²) >= 11 is 3.38. The van der Waals surface area contributed by atoms with Crippen LogP contribution in [0.2, 0.25) is 0 Å². The van der Waals surface area contributed by atoms with Crippen LogP contribution >= 0.6 is 15.9 Å². The Labute approximate surface area is 103 Å². The topological polar surface area (TPSA) is 55.3 Å². The van der Waals surface area contributed by atoms with E-state index in [1.54, 1.807) is 0 Å². The standard InChI is InChI=1S/C11H14BrN3O/c1-15(2)4-3-10-14-9-6-7(12)5-8(13)11(9)16-10/h5-6H,3-4,13H2,1-2H3. The quantitative estimate of drug-likeness (QED) is 0.878. The number of anilines is 1. The smallest absolute Gasteiger partial charge is 0.196 e. The molecule has 2 aromatic rings. The molecule has 16 heavy (non-hydrogen) atoms. The van der Waals surface area contributed by atoms with Crippen molar-refractivity contribution in [2.45, 2.75) is 6.42 Å². The highest BCUT2D eigenvalue weighted by molar-refractivity contribution is 9.10. The zero-order valence-corrected chi connectivity index (χ0v) is 10.9. The first-order chi connectivity index (χ1) is 7.56. The highest BCUT2D eigenvalue weighted by Crippen LogP contribution is 2.26. The van der Waals surface area contributed by atoms with Crippen LogP contribution in [0.25, 0.3) is 11.1 Å². The Hall–Kier alpha value is -1.07. The van der Waals surface area contributed by atoms with Gasteiger partial charge >= 0.3 is 0 Å². The van der Waals surface area contributed by atoms with Crippen molar-refractivity contribution in [2.24, 2.45) is 0 Å². The maximum atomic E-state index is 5.85. The van der Waals surface area contributed by atoms with E-state index in [1.807, 2.05) is 26.2 Å². The predicted octanol–water partition coefficient (Wildman–Crippen LogP) is 2.28. The number of nitrogen functional groups attached to an aromatic ring is 1. The van der Waals surface area contributed by atoms with Gasteiger partial charge in [0.15, 0.2) is 11.5 Å². The Morgan fingerprint density at radius 1 is 1.44 bits per heavy atom. The minimum absolute atomic E-state index is 0.618. The first kappa shape index (κ1) is 11.4. The number of rotatable bonds is 3. The molecule has 5 heteroatoms. The van der Waals surface area contributed by atoms with Gasteiger partial charge in [-0.05, 0) is 26.2 Å². The molecule has 0 atom stereocenters. The van der Waals surface area contributed by atoms with Crippen LogP contribution in [-0.4, -0.2) is 30.5 Å². The van der Waals surface area contributed by atoms with Crippen LogP contribution in [0.4, 0.5) is 5.69 Å². The van der Waals surface area contributed by atoms with Crippen molar-refractivity contribution < 1.29 is 4.42 Å². The number of fused-ring (bicyclic) bond motifs is 1. The summed E-state index contributed by atoms with van der Waals surface area (Å²) in [6.07, 6.45) is 0.790. The van der Waals surface area contributed by atoms with Gasteiger partial charge in [0.05, 0.1) is 5.69 Å². The molecule has 0 radical (unpaired) electrons. The number of hydrogen-bond acceptors (Lipinski definition) is 4. The molecule has 0 saturated heterocycles. The number of likely N-dealkylation sites (N-methyl/N-ethyl adjacent to an activating group) is 1. The summed E-state index contributed by atoms with van der Waals surface area (Å²) in [6.45, 7) is 0.911. The van der Waals surface area contributed by atoms with Gasteiger partial charge in [-0.2, -0.15) is 0 Å². The lowest BCUT2D eigenvalue weighted by Gasteiger charge is -2.05. The number of aromatic nitrogens is 1. The van der Waals surface area contributed by atoms with Gasteiger partial charge in [-0.15, -0.1) is 0 Å². The normalized spacial score (nSPS) is 11.5. The van der Waals surface area contributed by atoms with E-state index in [0.717, 1.165) is 28.8 Å². The van der Waals surface area contributed by atoms with Crippen molar-refractivity contribution in [1.82, 2.24) is 9.88 Å². The maximum Gasteiger partial charge on any atom is 0.196 e. The van der Waals surface area contributed by atoms with Gasteiger partial charge < -0.3 is 15.1 Å². The predicted molar refractivity (Wildman–Crippen MR) is 68.4 cm³/mol. The Morgan fingerprint density at radius 2 is 2.19 bits per heavy atom. The first-order valence-corrected chi connectivity index (χ1v) is 5.85. The summed E-state index contributed by atoms with van der Waals surface area (Å²) in [5.74, 6) is 0.730. The largest absolute Gasteiger partial charge is 0.438 e. The molecule has 86 valence electrons. The summed E-state index contributed by atoms with van der Waals surface area (Å²) in [5, 5.41) is 0. The number of benzene rings is 1. The maximum absolute atomic E-state index is 5.85. The number of halogens is 1. The summed E-state index contributed by atoms with van der Waals surface area (Å²) in [6, 6.07) is 3.73. The van der Waals surface area contributed by atoms with Gasteiger partial charge in [-0.25, -0.2) is 4.98 Å². The molecule has 4 nitrogen and oxygen atoms in total. The summed E-state index contributed by atoms with van der Waals surface area (Å²) in [7, 11) is 4.04. The summed E-state index contributed by atoms with van der Waals surface area (Å²) in [5.41, 5.74) is 7.95. The van der Waals surface area contributed by atoms with Crippen molar-refractivity contribution in [3.05, 3.63) is 22.5 Å². The second-order valence-corrected chi connectivity index (χ2v) is 4.92. The van der Waals surface area contributed by atoms with Crippen LogP contribution < -0.4 is 5.73 Å². The Balaban J connectivity index is 2.33. The second kappa shape index (κ2) is 4.43. The minimum atomic E-state index is 0.618. The number of nitrogens with two attached hydrogens (primary N) is 1. The van der Waals surface area contributed by atoms with Crippen LogP contribution in [0.5, 0.6) is 0 Å². The Bertz CT molecular complexity index is 507. The molecular weight excluding hydrogens is 270 g/mol. The minimum Gasteiger partial charge on any atom is -0.438 e. The van der Waals surface area contributed by atoms with E-state index in [4.69, 9.17) is 10.2 Å². The third kappa shape index (κ3) is 2.36. The molecule has 0 unspecified atom stereocenters. The third-order valence-corrected chi connectivity index (χ3v) is 2.76. The van der Waals surface area contributed by atoms with E-state index in [9.17, 15) is 0 Å². The Morgan fingerprint density at radius 3 is 2.88 bits per heavy atom. The van der Waals surface area contributed by atoms with Gasteiger partial charge in [0, 0.05) is 17.4 Å². The Kier molecular flexibility index (Phi) is 3.16. The summed E-state index contributed by atoms with van der Waals surface area (Å²) < 4.78 is 6.54. The van der Waals surface area contributed by atoms with Gasteiger partial charge in [0.2, 0.25) is 0 Å². The van der Waals surface area contributed by atoms with E-state index in [1.165, 1.54) is 0 Å². The van der Waals surface area contributed by atoms with Crippen molar-refractivity contribution in [1.29, 1.82) is 0 Å². The zero-order valence-electron chi connectivity index (χ0n) is 9.33. The highest BCUT2D eigenvalue weighted by Gasteiger charge is 2.09. The van der Waals surface area contributed by atoms with E-state index in [-0.39, 0.29) is 0 Å². The molecule has 0 saturated carbocycles. The molecule has 0 spiro atoms. The lowest BCUT2D eigenvalue weighted by Crippen LogP contribution is -2.15. The SMILES string of the molecule is CN(C)CCc1nc2cc(Br)cc(N)c2o1. The number of hydrogen-bond donors (Lipinski definition) is 1. The lowest BCUT2D eigenvalue weighted by atomic mass is 10.3. The third-order valence-electron chi connectivity index (χ3n) is 2.30. The van der Waals surface area contributed by atoms with Crippen molar-refractivity contribution in [3.63, 3.8) is 0 Å². The molecule has 0 fully saturated rings. The molecule has 0 aliphatic rings. The molecule has 1 heterocycles. The van der Waals surface area contributed by atoms with E-state index in [0.29, 0.717) is 11.3 Å². The van der Waals surface area contributed by atoms with Crippen LogP contribution in [0, 0.1) is 0 Å². The fourth-order valence-corrected chi connectivity index (χ4v) is 1.96. The van der Waals surface area contributed by atoms with Gasteiger partial charge in [-0.1, -0.05) is 15.9 Å². The molecule has 0 aliphatic carbocycles. The average Bonchev–Trinajstić information content (AvgIpc) is 2.57. The van der Waals surface area contributed by atoms with Gasteiger partial charge in [0.1, 0.15) is 5.52 Å². The molecule has 0 bridgehead atoms. The van der Waals surface area contributed by atoms with Crippen LogP contribution in [0.1, 0.15) is 5.89 Å². The molecule has 0 amide bonds. The van der Waals surface area contributed by atoms with Crippen molar-refractivity contribution in [3.8, 4) is 0 Å². The monoisotopic (exact) mass is 283 g/mol. The number of nitrogens with zero attached hydrogens (tertiary/aromatic N) is 2. The molecule has 1 aromatic carbocycles. The molecular formula is C11H14BrN3O. The van der Waals surface area contributed by atoms with Crippen LogP contribution in [-0.2, 0) is 6.42 Å².